The summed E-state index contributed by atoms with van der Waals surface area (Å²) in [7, 11) is 0. The maximum atomic E-state index is 13.9. The predicted molar refractivity (Wildman–Crippen MR) is 77.4 cm³/mol. The Labute approximate surface area is 123 Å². The van der Waals surface area contributed by atoms with E-state index in [4.69, 9.17) is 4.74 Å². The molecule has 0 aliphatic carbocycles. The first-order valence-corrected chi connectivity index (χ1v) is 6.89. The SMILES string of the molecule is CCCOc1cccc(C(O)c2cc(F)c(C)cc2F)c1. The van der Waals surface area contributed by atoms with Crippen LogP contribution in [0.2, 0.25) is 0 Å². The Morgan fingerprint density at radius 3 is 2.62 bits per heavy atom. The molecule has 0 fully saturated rings. The van der Waals surface area contributed by atoms with Crippen LogP contribution in [-0.2, 0) is 0 Å². The summed E-state index contributed by atoms with van der Waals surface area (Å²) in [4.78, 5) is 0. The molecule has 0 aromatic heterocycles. The van der Waals surface area contributed by atoms with E-state index in [0.717, 1.165) is 18.6 Å². The first kappa shape index (κ1) is 15.4. The Hall–Kier alpha value is -1.94. The average molecular weight is 292 g/mol. The molecule has 112 valence electrons. The highest BCUT2D eigenvalue weighted by atomic mass is 19.1. The highest BCUT2D eigenvalue weighted by molar-refractivity contribution is 5.37. The third-order valence-electron chi connectivity index (χ3n) is 3.22. The fourth-order valence-corrected chi connectivity index (χ4v) is 2.05. The molecular formula is C17H18F2O2. The van der Waals surface area contributed by atoms with Crippen LogP contribution in [0.3, 0.4) is 0 Å². The largest absolute Gasteiger partial charge is 0.494 e. The molecule has 1 N–H and O–H groups in total. The lowest BCUT2D eigenvalue weighted by Crippen LogP contribution is -2.05. The molecule has 0 saturated carbocycles. The maximum Gasteiger partial charge on any atom is 0.129 e. The molecular weight excluding hydrogens is 274 g/mol. The third kappa shape index (κ3) is 3.58. The van der Waals surface area contributed by atoms with Crippen LogP contribution >= 0.6 is 0 Å². The summed E-state index contributed by atoms with van der Waals surface area (Å²) in [6, 6.07) is 8.89. The van der Waals surface area contributed by atoms with Gasteiger partial charge < -0.3 is 9.84 Å². The molecule has 0 bridgehead atoms. The van der Waals surface area contributed by atoms with Crippen molar-refractivity contribution in [2.45, 2.75) is 26.4 Å². The van der Waals surface area contributed by atoms with E-state index in [1.807, 2.05) is 6.92 Å². The lowest BCUT2D eigenvalue weighted by molar-refractivity contribution is 0.213. The number of ether oxygens (including phenoxy) is 1. The van der Waals surface area contributed by atoms with Crippen molar-refractivity contribution in [3.05, 3.63) is 64.7 Å². The van der Waals surface area contributed by atoms with Crippen LogP contribution in [0, 0.1) is 18.6 Å². The summed E-state index contributed by atoms with van der Waals surface area (Å²) >= 11 is 0. The van der Waals surface area contributed by atoms with Crippen molar-refractivity contribution < 1.29 is 18.6 Å². The van der Waals surface area contributed by atoms with Crippen LogP contribution in [0.1, 0.15) is 36.1 Å². The Bertz CT molecular complexity index is 626. The van der Waals surface area contributed by atoms with Gasteiger partial charge in [-0.25, -0.2) is 8.78 Å². The van der Waals surface area contributed by atoms with Gasteiger partial charge in [0.2, 0.25) is 0 Å². The van der Waals surface area contributed by atoms with E-state index in [1.54, 1.807) is 24.3 Å². The lowest BCUT2D eigenvalue weighted by Gasteiger charge is -2.15. The molecule has 0 aliphatic rings. The second-order valence-electron chi connectivity index (χ2n) is 4.95. The number of rotatable bonds is 5. The number of aryl methyl sites for hydroxylation is 1. The summed E-state index contributed by atoms with van der Waals surface area (Å²) in [5.74, 6) is -0.563. The fourth-order valence-electron chi connectivity index (χ4n) is 2.05. The molecule has 2 nitrogen and oxygen atoms in total. The van der Waals surface area contributed by atoms with Gasteiger partial charge in [-0.1, -0.05) is 19.1 Å². The van der Waals surface area contributed by atoms with Gasteiger partial charge in [0.15, 0.2) is 0 Å². The maximum absolute atomic E-state index is 13.9. The van der Waals surface area contributed by atoms with Crippen molar-refractivity contribution in [2.24, 2.45) is 0 Å². The molecule has 2 aromatic rings. The van der Waals surface area contributed by atoms with Gasteiger partial charge in [-0.15, -0.1) is 0 Å². The second kappa shape index (κ2) is 6.68. The zero-order valence-corrected chi connectivity index (χ0v) is 12.1. The normalized spacial score (nSPS) is 12.2. The van der Waals surface area contributed by atoms with Crippen molar-refractivity contribution in [1.82, 2.24) is 0 Å². The number of benzene rings is 2. The third-order valence-corrected chi connectivity index (χ3v) is 3.22. The molecule has 2 rings (SSSR count). The van der Waals surface area contributed by atoms with Crippen LogP contribution in [0.4, 0.5) is 8.78 Å². The standard InChI is InChI=1S/C17H18F2O2/c1-3-7-21-13-6-4-5-12(9-13)17(20)14-10-15(18)11(2)8-16(14)19/h4-6,8-10,17,20H,3,7H2,1-2H3. The lowest BCUT2D eigenvalue weighted by atomic mass is 9.99. The van der Waals surface area contributed by atoms with Crippen molar-refractivity contribution >= 4 is 0 Å². The van der Waals surface area contributed by atoms with E-state index < -0.39 is 17.7 Å². The summed E-state index contributed by atoms with van der Waals surface area (Å²) in [6.07, 6.45) is -0.366. The van der Waals surface area contributed by atoms with E-state index in [-0.39, 0.29) is 11.1 Å². The predicted octanol–water partition coefficient (Wildman–Crippen LogP) is 4.14. The minimum absolute atomic E-state index is 0.0780. The zero-order valence-electron chi connectivity index (χ0n) is 12.1. The molecule has 0 spiro atoms. The van der Waals surface area contributed by atoms with E-state index in [1.165, 1.54) is 6.92 Å². The van der Waals surface area contributed by atoms with E-state index in [2.05, 4.69) is 0 Å². The van der Waals surface area contributed by atoms with E-state index >= 15 is 0 Å². The molecule has 0 heterocycles. The highest BCUT2D eigenvalue weighted by Gasteiger charge is 2.17. The van der Waals surface area contributed by atoms with Gasteiger partial charge in [-0.05, 0) is 48.7 Å². The number of hydrogen-bond acceptors (Lipinski definition) is 2. The van der Waals surface area contributed by atoms with Gasteiger partial charge in [0.25, 0.3) is 0 Å². The topological polar surface area (TPSA) is 29.5 Å². The fraction of sp³-hybridized carbons (Fsp3) is 0.294. The quantitative estimate of drug-likeness (QED) is 0.897. The van der Waals surface area contributed by atoms with Crippen LogP contribution in [-0.4, -0.2) is 11.7 Å². The number of hydrogen-bond donors (Lipinski definition) is 1. The minimum Gasteiger partial charge on any atom is -0.494 e. The molecule has 2 aromatic carbocycles. The monoisotopic (exact) mass is 292 g/mol. The summed E-state index contributed by atoms with van der Waals surface area (Å²) in [6.45, 7) is 4.03. The molecule has 0 amide bonds. The van der Waals surface area contributed by atoms with Gasteiger partial charge in [0.05, 0.1) is 6.61 Å². The molecule has 1 atom stereocenters. The summed E-state index contributed by atoms with van der Waals surface area (Å²) < 4.78 is 33.0. The van der Waals surface area contributed by atoms with E-state index in [9.17, 15) is 13.9 Å². The van der Waals surface area contributed by atoms with Crippen LogP contribution in [0.15, 0.2) is 36.4 Å². The second-order valence-corrected chi connectivity index (χ2v) is 4.95. The van der Waals surface area contributed by atoms with Gasteiger partial charge in [0.1, 0.15) is 23.5 Å². The number of halogens is 2. The molecule has 1 unspecified atom stereocenters. The van der Waals surface area contributed by atoms with Gasteiger partial charge in [-0.2, -0.15) is 0 Å². The first-order chi connectivity index (χ1) is 10.0. The highest BCUT2D eigenvalue weighted by Crippen LogP contribution is 2.28. The molecule has 4 heteroatoms. The molecule has 21 heavy (non-hydrogen) atoms. The van der Waals surface area contributed by atoms with Crippen LogP contribution < -0.4 is 4.74 Å². The summed E-state index contributed by atoms with van der Waals surface area (Å²) in [5.41, 5.74) is 0.597. The van der Waals surface area contributed by atoms with Crippen molar-refractivity contribution in [3.63, 3.8) is 0 Å². The minimum atomic E-state index is -1.23. The first-order valence-electron chi connectivity index (χ1n) is 6.89. The summed E-state index contributed by atoms with van der Waals surface area (Å²) in [5, 5.41) is 10.3. The molecule has 0 saturated heterocycles. The molecule has 0 radical (unpaired) electrons. The number of aliphatic hydroxyl groups excluding tert-OH is 1. The Kier molecular flexibility index (Phi) is 4.91. The zero-order chi connectivity index (χ0) is 15.4. The van der Waals surface area contributed by atoms with Crippen LogP contribution in [0.5, 0.6) is 5.75 Å². The smallest absolute Gasteiger partial charge is 0.129 e. The van der Waals surface area contributed by atoms with Gasteiger partial charge in [0, 0.05) is 5.56 Å². The molecule has 0 aliphatic heterocycles. The van der Waals surface area contributed by atoms with Crippen molar-refractivity contribution in [1.29, 1.82) is 0 Å². The Balaban J connectivity index is 2.31. The van der Waals surface area contributed by atoms with Crippen molar-refractivity contribution in [3.8, 4) is 5.75 Å². The number of aliphatic hydroxyl groups is 1. The van der Waals surface area contributed by atoms with Gasteiger partial charge in [-0.3, -0.25) is 0 Å². The average Bonchev–Trinajstić information content (AvgIpc) is 2.48. The Morgan fingerprint density at radius 2 is 1.90 bits per heavy atom. The van der Waals surface area contributed by atoms with Crippen molar-refractivity contribution in [2.75, 3.05) is 6.61 Å². The van der Waals surface area contributed by atoms with Gasteiger partial charge >= 0.3 is 0 Å². The Morgan fingerprint density at radius 1 is 1.14 bits per heavy atom. The van der Waals surface area contributed by atoms with Crippen LogP contribution in [0.25, 0.3) is 0 Å². The van der Waals surface area contributed by atoms with E-state index in [0.29, 0.717) is 17.9 Å².